The summed E-state index contributed by atoms with van der Waals surface area (Å²) in [5, 5.41) is 11.2. The first kappa shape index (κ1) is 14.7. The molecule has 94 valence electrons. The van der Waals surface area contributed by atoms with Crippen LogP contribution >= 0.6 is 0 Å². The van der Waals surface area contributed by atoms with Crippen LogP contribution in [0, 0.1) is 6.92 Å². The monoisotopic (exact) mass is 275 g/mol. The fourth-order valence-electron chi connectivity index (χ4n) is 2.11. The van der Waals surface area contributed by atoms with Gasteiger partial charge in [0.25, 0.3) is 0 Å². The molecular formula is C14H10N3NaO2. The SMILES string of the molecule is Cc1ccncc1-c1cc(C(=O)[O-])n2cncc2c1.[Na+]. The van der Waals surface area contributed by atoms with E-state index < -0.39 is 5.97 Å². The van der Waals surface area contributed by atoms with Gasteiger partial charge in [0, 0.05) is 18.0 Å². The fourth-order valence-corrected chi connectivity index (χ4v) is 2.11. The number of pyridine rings is 2. The van der Waals surface area contributed by atoms with Crippen LogP contribution in [0.25, 0.3) is 16.6 Å². The summed E-state index contributed by atoms with van der Waals surface area (Å²) in [6.07, 6.45) is 6.49. The van der Waals surface area contributed by atoms with E-state index >= 15 is 0 Å². The van der Waals surface area contributed by atoms with Crippen LogP contribution in [-0.2, 0) is 0 Å². The van der Waals surface area contributed by atoms with Gasteiger partial charge in [0.05, 0.1) is 29.7 Å². The first-order valence-corrected chi connectivity index (χ1v) is 5.75. The number of carbonyl (C=O) groups excluding carboxylic acids is 1. The Morgan fingerprint density at radius 1 is 1.25 bits per heavy atom. The second-order valence-corrected chi connectivity index (χ2v) is 4.30. The third kappa shape index (κ3) is 2.47. The minimum absolute atomic E-state index is 0. The van der Waals surface area contributed by atoms with Crippen molar-refractivity contribution in [2.24, 2.45) is 0 Å². The standard InChI is InChI=1S/C14H11N3O2.Na/c1-9-2-3-15-7-12(9)10-4-11-6-16-8-17(11)13(5-10)14(18)19;/h2-8H,1H3,(H,18,19);/q;+1/p-1. The molecule has 3 aromatic rings. The number of aromatic nitrogens is 3. The van der Waals surface area contributed by atoms with Gasteiger partial charge in [-0.3, -0.25) is 9.38 Å². The molecule has 0 saturated heterocycles. The van der Waals surface area contributed by atoms with Crippen molar-refractivity contribution in [2.45, 2.75) is 6.92 Å². The summed E-state index contributed by atoms with van der Waals surface area (Å²) in [5.41, 5.74) is 3.50. The largest absolute Gasteiger partial charge is 1.00 e. The summed E-state index contributed by atoms with van der Waals surface area (Å²) in [5.74, 6) is -1.23. The molecule has 0 aromatic carbocycles. The van der Waals surface area contributed by atoms with E-state index in [4.69, 9.17) is 0 Å². The van der Waals surface area contributed by atoms with Gasteiger partial charge in [0.15, 0.2) is 0 Å². The van der Waals surface area contributed by atoms with Gasteiger partial charge in [-0.05, 0) is 36.2 Å². The van der Waals surface area contributed by atoms with Crippen LogP contribution in [0.4, 0.5) is 0 Å². The van der Waals surface area contributed by atoms with E-state index in [0.717, 1.165) is 16.7 Å². The summed E-state index contributed by atoms with van der Waals surface area (Å²) in [6, 6.07) is 5.34. The van der Waals surface area contributed by atoms with E-state index in [0.29, 0.717) is 5.52 Å². The molecule has 0 N–H and O–H groups in total. The van der Waals surface area contributed by atoms with Crippen LogP contribution in [0.3, 0.4) is 0 Å². The molecule has 5 nitrogen and oxygen atoms in total. The van der Waals surface area contributed by atoms with E-state index in [1.807, 2.05) is 19.1 Å². The second-order valence-electron chi connectivity index (χ2n) is 4.30. The van der Waals surface area contributed by atoms with Crippen molar-refractivity contribution >= 4 is 11.5 Å². The smallest absolute Gasteiger partial charge is 0.543 e. The molecule has 0 amide bonds. The van der Waals surface area contributed by atoms with Gasteiger partial charge < -0.3 is 9.90 Å². The molecule has 0 unspecified atom stereocenters. The van der Waals surface area contributed by atoms with Gasteiger partial charge in [-0.25, -0.2) is 4.98 Å². The molecule has 0 atom stereocenters. The van der Waals surface area contributed by atoms with Gasteiger partial charge in [-0.15, -0.1) is 0 Å². The third-order valence-electron chi connectivity index (χ3n) is 3.08. The van der Waals surface area contributed by atoms with Crippen LogP contribution in [0.15, 0.2) is 43.1 Å². The van der Waals surface area contributed by atoms with Gasteiger partial charge in [0.1, 0.15) is 0 Å². The van der Waals surface area contributed by atoms with Crippen molar-refractivity contribution in [2.75, 3.05) is 0 Å². The quantitative estimate of drug-likeness (QED) is 0.511. The number of carboxylic acids is 1. The molecular weight excluding hydrogens is 265 g/mol. The maximum atomic E-state index is 11.2. The van der Waals surface area contributed by atoms with Crippen LogP contribution in [-0.4, -0.2) is 20.3 Å². The minimum atomic E-state index is -1.23. The van der Waals surface area contributed by atoms with Gasteiger partial charge >= 0.3 is 29.6 Å². The molecule has 20 heavy (non-hydrogen) atoms. The third-order valence-corrected chi connectivity index (χ3v) is 3.08. The van der Waals surface area contributed by atoms with Crippen LogP contribution < -0.4 is 34.7 Å². The molecule has 0 bridgehead atoms. The Morgan fingerprint density at radius 2 is 2.05 bits per heavy atom. The molecule has 6 heteroatoms. The molecule has 0 radical (unpaired) electrons. The Hall–Kier alpha value is -1.69. The van der Waals surface area contributed by atoms with Crippen molar-refractivity contribution in [3.05, 3.63) is 54.4 Å². The molecule has 0 fully saturated rings. The molecule has 0 aliphatic heterocycles. The zero-order valence-electron chi connectivity index (χ0n) is 11.2. The maximum absolute atomic E-state index is 11.2. The topological polar surface area (TPSA) is 70.3 Å². The summed E-state index contributed by atoms with van der Waals surface area (Å²) in [4.78, 5) is 19.2. The Bertz CT molecular complexity index is 783. The number of hydrogen-bond donors (Lipinski definition) is 0. The fraction of sp³-hybridized carbons (Fsp3) is 0.0714. The number of hydrogen-bond acceptors (Lipinski definition) is 4. The Morgan fingerprint density at radius 3 is 2.75 bits per heavy atom. The number of aromatic carboxylic acids is 1. The number of imidazole rings is 1. The van der Waals surface area contributed by atoms with Gasteiger partial charge in [-0.2, -0.15) is 0 Å². The van der Waals surface area contributed by atoms with Crippen molar-refractivity contribution in [1.82, 2.24) is 14.4 Å². The molecule has 0 saturated carbocycles. The Labute approximate surface area is 137 Å². The van der Waals surface area contributed by atoms with Crippen LogP contribution in [0.5, 0.6) is 0 Å². The number of fused-ring (bicyclic) bond motifs is 1. The van der Waals surface area contributed by atoms with Gasteiger partial charge in [0.2, 0.25) is 0 Å². The predicted molar refractivity (Wildman–Crippen MR) is 67.5 cm³/mol. The summed E-state index contributed by atoms with van der Waals surface area (Å²) in [7, 11) is 0. The number of rotatable bonds is 2. The molecule has 0 aliphatic carbocycles. The number of nitrogens with zero attached hydrogens (tertiary/aromatic N) is 3. The van der Waals surface area contributed by atoms with Crippen molar-refractivity contribution in [3.8, 4) is 11.1 Å². The van der Waals surface area contributed by atoms with Gasteiger partial charge in [-0.1, -0.05) is 0 Å². The minimum Gasteiger partial charge on any atom is -0.543 e. The molecule has 0 spiro atoms. The molecule has 3 rings (SSSR count). The zero-order valence-corrected chi connectivity index (χ0v) is 13.2. The Kier molecular flexibility index (Phi) is 4.23. The van der Waals surface area contributed by atoms with E-state index in [1.165, 1.54) is 10.7 Å². The van der Waals surface area contributed by atoms with E-state index in [1.54, 1.807) is 24.7 Å². The first-order chi connectivity index (χ1) is 9.16. The molecule has 3 heterocycles. The average Bonchev–Trinajstić information content (AvgIpc) is 2.86. The maximum Gasteiger partial charge on any atom is 1.00 e. The number of carboxylic acid groups (broad SMARTS) is 1. The van der Waals surface area contributed by atoms with Crippen molar-refractivity contribution in [1.29, 1.82) is 0 Å². The first-order valence-electron chi connectivity index (χ1n) is 5.75. The van der Waals surface area contributed by atoms with E-state index in [-0.39, 0.29) is 35.3 Å². The second kappa shape index (κ2) is 5.75. The van der Waals surface area contributed by atoms with Crippen molar-refractivity contribution < 1.29 is 39.5 Å². The summed E-state index contributed by atoms with van der Waals surface area (Å²) >= 11 is 0. The molecule has 0 aliphatic rings. The van der Waals surface area contributed by atoms with Crippen LogP contribution in [0.1, 0.15) is 16.1 Å². The van der Waals surface area contributed by atoms with E-state index in [9.17, 15) is 9.90 Å². The normalized spacial score (nSPS) is 10.2. The zero-order chi connectivity index (χ0) is 13.4. The predicted octanol–water partition coefficient (Wildman–Crippen LogP) is -1.93. The summed E-state index contributed by atoms with van der Waals surface area (Å²) in [6.45, 7) is 1.95. The summed E-state index contributed by atoms with van der Waals surface area (Å²) < 4.78 is 1.49. The average molecular weight is 275 g/mol. The van der Waals surface area contributed by atoms with Crippen LogP contribution in [0.2, 0.25) is 0 Å². The molecule has 3 aromatic heterocycles. The van der Waals surface area contributed by atoms with Crippen molar-refractivity contribution in [3.63, 3.8) is 0 Å². The van der Waals surface area contributed by atoms with E-state index in [2.05, 4.69) is 9.97 Å². The Balaban J connectivity index is 0.00000147. The number of carbonyl (C=O) groups is 1. The number of aryl methyl sites for hydroxylation is 1.